The van der Waals surface area contributed by atoms with Gasteiger partial charge in [-0.25, -0.2) is 0 Å². The lowest BCUT2D eigenvalue weighted by Gasteiger charge is -2.33. The molecule has 0 aromatic carbocycles. The number of nitrogens with two attached hydrogens (primary N) is 1. The molecule has 18 heavy (non-hydrogen) atoms. The summed E-state index contributed by atoms with van der Waals surface area (Å²) < 4.78 is 5.28. The van der Waals surface area contributed by atoms with Gasteiger partial charge in [-0.3, -0.25) is 4.90 Å². The molecule has 1 aliphatic carbocycles. The van der Waals surface area contributed by atoms with Crippen LogP contribution in [0.15, 0.2) is 4.52 Å². The number of hydrogen-bond donors (Lipinski definition) is 1. The molecule has 0 bridgehead atoms. The maximum atomic E-state index is 5.80. The third-order valence-electron chi connectivity index (χ3n) is 3.78. The Bertz CT molecular complexity index is 380. The highest BCUT2D eigenvalue weighted by atomic mass is 35.5. The van der Waals surface area contributed by atoms with E-state index in [0.717, 1.165) is 31.3 Å². The number of hydrogen-bond acceptors (Lipinski definition) is 5. The Balaban J connectivity index is 0.00000120. The molecule has 0 radical (unpaired) electrons. The third kappa shape index (κ3) is 3.02. The van der Waals surface area contributed by atoms with E-state index in [9.17, 15) is 0 Å². The molecule has 0 spiro atoms. The van der Waals surface area contributed by atoms with Crippen LogP contribution in [-0.4, -0.2) is 34.2 Å². The monoisotopic (exact) mass is 272 g/mol. The predicted molar refractivity (Wildman–Crippen MR) is 70.6 cm³/mol. The van der Waals surface area contributed by atoms with Crippen molar-refractivity contribution in [2.75, 3.05) is 13.1 Å². The van der Waals surface area contributed by atoms with E-state index in [1.807, 2.05) is 0 Å². The minimum absolute atomic E-state index is 0. The molecule has 1 saturated carbocycles. The summed E-state index contributed by atoms with van der Waals surface area (Å²) in [5.74, 6) is 2.21. The van der Waals surface area contributed by atoms with Gasteiger partial charge in [-0.2, -0.15) is 4.98 Å². The zero-order chi connectivity index (χ0) is 11.7. The normalized spacial score (nSPS) is 24.8. The van der Waals surface area contributed by atoms with Crippen LogP contribution in [0.1, 0.15) is 49.7 Å². The highest BCUT2D eigenvalue weighted by molar-refractivity contribution is 5.85. The van der Waals surface area contributed by atoms with Gasteiger partial charge >= 0.3 is 0 Å². The van der Waals surface area contributed by atoms with Crippen molar-refractivity contribution in [1.29, 1.82) is 0 Å². The molecule has 5 nitrogen and oxygen atoms in total. The van der Waals surface area contributed by atoms with Gasteiger partial charge in [0.2, 0.25) is 5.89 Å². The summed E-state index contributed by atoms with van der Waals surface area (Å²) in [7, 11) is 0. The number of halogens is 1. The number of nitrogens with zero attached hydrogens (tertiary/aromatic N) is 3. The van der Waals surface area contributed by atoms with Crippen LogP contribution < -0.4 is 5.73 Å². The molecule has 2 fully saturated rings. The Morgan fingerprint density at radius 1 is 1.28 bits per heavy atom. The second-order valence-corrected chi connectivity index (χ2v) is 5.18. The molecular formula is C12H21ClN4O. The molecular weight excluding hydrogens is 252 g/mol. The first-order valence-electron chi connectivity index (χ1n) is 6.63. The van der Waals surface area contributed by atoms with Crippen molar-refractivity contribution in [3.63, 3.8) is 0 Å². The highest BCUT2D eigenvalue weighted by Crippen LogP contribution is 2.38. The van der Waals surface area contributed by atoms with Crippen molar-refractivity contribution < 1.29 is 4.52 Å². The lowest BCUT2D eigenvalue weighted by Crippen LogP contribution is -2.43. The van der Waals surface area contributed by atoms with E-state index in [1.165, 1.54) is 32.1 Å². The molecule has 2 aliphatic rings. The first-order chi connectivity index (χ1) is 8.36. The number of rotatable bonds is 4. The van der Waals surface area contributed by atoms with Crippen molar-refractivity contribution in [3.05, 3.63) is 11.7 Å². The maximum absolute atomic E-state index is 5.80. The van der Waals surface area contributed by atoms with Gasteiger partial charge in [0.05, 0.1) is 6.54 Å². The van der Waals surface area contributed by atoms with E-state index >= 15 is 0 Å². The molecule has 1 aromatic heterocycles. The maximum Gasteiger partial charge on any atom is 0.229 e. The van der Waals surface area contributed by atoms with Crippen molar-refractivity contribution >= 4 is 12.4 Å². The lowest BCUT2D eigenvalue weighted by atomic mass is 10.0. The molecule has 1 atom stereocenters. The summed E-state index contributed by atoms with van der Waals surface area (Å²) in [5.41, 5.74) is 5.80. The van der Waals surface area contributed by atoms with Crippen molar-refractivity contribution in [1.82, 2.24) is 15.0 Å². The largest absolute Gasteiger partial charge is 0.339 e. The fourth-order valence-corrected chi connectivity index (χ4v) is 2.54. The summed E-state index contributed by atoms with van der Waals surface area (Å²) in [5, 5.41) is 4.07. The Morgan fingerprint density at radius 2 is 2.11 bits per heavy atom. The predicted octanol–water partition coefficient (Wildman–Crippen LogP) is 1.68. The van der Waals surface area contributed by atoms with E-state index < -0.39 is 0 Å². The Labute approximate surface area is 114 Å². The zero-order valence-corrected chi connectivity index (χ0v) is 11.4. The van der Waals surface area contributed by atoms with E-state index in [-0.39, 0.29) is 12.4 Å². The second-order valence-electron chi connectivity index (χ2n) is 5.18. The summed E-state index contributed by atoms with van der Waals surface area (Å²) in [6.07, 6.45) is 6.15. The molecule has 1 unspecified atom stereocenters. The van der Waals surface area contributed by atoms with Crippen LogP contribution >= 0.6 is 12.4 Å². The van der Waals surface area contributed by atoms with E-state index in [0.29, 0.717) is 12.0 Å². The van der Waals surface area contributed by atoms with Crippen molar-refractivity contribution in [2.45, 2.75) is 50.6 Å². The summed E-state index contributed by atoms with van der Waals surface area (Å²) in [6.45, 7) is 2.63. The number of aromatic nitrogens is 2. The van der Waals surface area contributed by atoms with Crippen LogP contribution in [0.3, 0.4) is 0 Å². The third-order valence-corrected chi connectivity index (χ3v) is 3.78. The fourth-order valence-electron chi connectivity index (χ4n) is 2.54. The van der Waals surface area contributed by atoms with Crippen LogP contribution in [0.2, 0.25) is 0 Å². The first-order valence-corrected chi connectivity index (χ1v) is 6.63. The standard InChI is InChI=1S/C12H20N4O.ClH/c13-7-10-3-1-2-6-16(10)8-11-14-12(17-15-11)9-4-5-9;/h9-10H,1-8,13H2;1H. The van der Waals surface area contributed by atoms with Crippen LogP contribution in [0.5, 0.6) is 0 Å². The van der Waals surface area contributed by atoms with Gasteiger partial charge in [-0.15, -0.1) is 12.4 Å². The topological polar surface area (TPSA) is 68.2 Å². The van der Waals surface area contributed by atoms with E-state index in [1.54, 1.807) is 0 Å². The molecule has 2 heterocycles. The molecule has 102 valence electrons. The highest BCUT2D eigenvalue weighted by Gasteiger charge is 2.30. The van der Waals surface area contributed by atoms with Crippen LogP contribution in [0.25, 0.3) is 0 Å². The minimum atomic E-state index is 0. The molecule has 1 aromatic rings. The Hall–Kier alpha value is -0.650. The summed E-state index contributed by atoms with van der Waals surface area (Å²) in [6, 6.07) is 0.492. The van der Waals surface area contributed by atoms with Crippen LogP contribution in [-0.2, 0) is 6.54 Å². The SMILES string of the molecule is Cl.NCC1CCCCN1Cc1noc(C2CC2)n1. The zero-order valence-electron chi connectivity index (χ0n) is 10.5. The Kier molecular flexibility index (Phi) is 4.59. The first kappa shape index (κ1) is 13.8. The number of piperidine rings is 1. The van der Waals surface area contributed by atoms with Crippen LogP contribution in [0, 0.1) is 0 Å². The molecule has 3 rings (SSSR count). The average molecular weight is 273 g/mol. The van der Waals surface area contributed by atoms with Gasteiger partial charge in [0, 0.05) is 18.5 Å². The molecule has 6 heteroatoms. The van der Waals surface area contributed by atoms with Gasteiger partial charge in [-0.05, 0) is 32.2 Å². The Morgan fingerprint density at radius 3 is 2.83 bits per heavy atom. The molecule has 1 saturated heterocycles. The van der Waals surface area contributed by atoms with E-state index in [2.05, 4.69) is 15.0 Å². The van der Waals surface area contributed by atoms with E-state index in [4.69, 9.17) is 10.3 Å². The molecule has 0 amide bonds. The summed E-state index contributed by atoms with van der Waals surface area (Å²) in [4.78, 5) is 6.87. The van der Waals surface area contributed by atoms with Gasteiger partial charge in [-0.1, -0.05) is 11.6 Å². The molecule has 2 N–H and O–H groups in total. The lowest BCUT2D eigenvalue weighted by molar-refractivity contribution is 0.140. The van der Waals surface area contributed by atoms with Gasteiger partial charge in [0.1, 0.15) is 0 Å². The fraction of sp³-hybridized carbons (Fsp3) is 0.833. The average Bonchev–Trinajstić information content (AvgIpc) is 3.11. The second kappa shape index (κ2) is 5.99. The number of likely N-dealkylation sites (tertiary alicyclic amines) is 1. The van der Waals surface area contributed by atoms with Crippen LogP contribution in [0.4, 0.5) is 0 Å². The van der Waals surface area contributed by atoms with Crippen molar-refractivity contribution in [3.8, 4) is 0 Å². The van der Waals surface area contributed by atoms with Gasteiger partial charge < -0.3 is 10.3 Å². The smallest absolute Gasteiger partial charge is 0.229 e. The molecule has 1 aliphatic heterocycles. The van der Waals surface area contributed by atoms with Crippen molar-refractivity contribution in [2.24, 2.45) is 5.73 Å². The minimum Gasteiger partial charge on any atom is -0.339 e. The summed E-state index contributed by atoms with van der Waals surface area (Å²) >= 11 is 0. The quantitative estimate of drug-likeness (QED) is 0.903. The van der Waals surface area contributed by atoms with Gasteiger partial charge in [0.25, 0.3) is 0 Å². The van der Waals surface area contributed by atoms with Gasteiger partial charge in [0.15, 0.2) is 5.82 Å².